The fourth-order valence-corrected chi connectivity index (χ4v) is 2.61. The molecule has 0 spiro atoms. The van der Waals surface area contributed by atoms with Crippen molar-refractivity contribution in [2.24, 2.45) is 0 Å². The van der Waals surface area contributed by atoms with E-state index >= 15 is 0 Å². The van der Waals surface area contributed by atoms with E-state index in [4.69, 9.17) is 0 Å². The van der Waals surface area contributed by atoms with Crippen molar-refractivity contribution in [2.75, 3.05) is 13.1 Å². The second-order valence-corrected chi connectivity index (χ2v) is 6.52. The summed E-state index contributed by atoms with van der Waals surface area (Å²) in [6.45, 7) is 6.55. The molecular formula is C15H24N4O3. The zero-order valence-corrected chi connectivity index (χ0v) is 13.4. The Balaban J connectivity index is 1.93. The highest BCUT2D eigenvalue weighted by Crippen LogP contribution is 2.12. The first-order chi connectivity index (χ1) is 10.2. The molecule has 1 fully saturated rings. The Morgan fingerprint density at radius 2 is 2.23 bits per heavy atom. The van der Waals surface area contributed by atoms with Crippen molar-refractivity contribution >= 4 is 11.8 Å². The summed E-state index contributed by atoms with van der Waals surface area (Å²) in [4.78, 5) is 25.4. The van der Waals surface area contributed by atoms with Crippen LogP contribution in [0.4, 0.5) is 0 Å². The average Bonchev–Trinajstić information content (AvgIpc) is 2.85. The van der Waals surface area contributed by atoms with E-state index in [0.717, 1.165) is 19.4 Å². The maximum absolute atomic E-state index is 12.2. The molecule has 2 N–H and O–H groups in total. The summed E-state index contributed by atoms with van der Waals surface area (Å²) in [7, 11) is 0. The van der Waals surface area contributed by atoms with Crippen molar-refractivity contribution in [1.29, 1.82) is 0 Å². The van der Waals surface area contributed by atoms with Gasteiger partial charge in [0, 0.05) is 32.3 Å². The maximum atomic E-state index is 12.2. The number of nitrogens with one attached hydrogen (secondary N) is 1. The molecule has 22 heavy (non-hydrogen) atoms. The first-order valence-corrected chi connectivity index (χ1v) is 7.56. The largest absolute Gasteiger partial charge is 0.389 e. The molecule has 0 aliphatic carbocycles. The summed E-state index contributed by atoms with van der Waals surface area (Å²) < 4.78 is 1.55. The number of hydrogen-bond acceptors (Lipinski definition) is 4. The van der Waals surface area contributed by atoms with E-state index in [1.54, 1.807) is 36.5 Å². The van der Waals surface area contributed by atoms with Crippen molar-refractivity contribution in [1.82, 2.24) is 20.0 Å². The highest BCUT2D eigenvalue weighted by Gasteiger charge is 2.24. The van der Waals surface area contributed by atoms with Crippen LogP contribution in [0.5, 0.6) is 0 Å². The van der Waals surface area contributed by atoms with E-state index in [2.05, 4.69) is 10.4 Å². The van der Waals surface area contributed by atoms with Gasteiger partial charge in [0.05, 0.1) is 23.9 Å². The number of carbonyl (C=O) groups is 2. The van der Waals surface area contributed by atoms with E-state index in [0.29, 0.717) is 18.7 Å². The highest BCUT2D eigenvalue weighted by atomic mass is 16.3. The van der Waals surface area contributed by atoms with Gasteiger partial charge in [0.2, 0.25) is 5.91 Å². The van der Waals surface area contributed by atoms with Crippen LogP contribution in [0, 0.1) is 0 Å². The number of carbonyl (C=O) groups excluding carboxylic acids is 2. The Labute approximate surface area is 130 Å². The summed E-state index contributed by atoms with van der Waals surface area (Å²) >= 11 is 0. The molecule has 1 aromatic heterocycles. The average molecular weight is 308 g/mol. The van der Waals surface area contributed by atoms with E-state index in [9.17, 15) is 14.7 Å². The number of nitrogens with zero attached hydrogens (tertiary/aromatic N) is 3. The lowest BCUT2D eigenvalue weighted by Gasteiger charge is -2.32. The predicted molar refractivity (Wildman–Crippen MR) is 81.3 cm³/mol. The van der Waals surface area contributed by atoms with Crippen molar-refractivity contribution in [2.45, 2.75) is 51.8 Å². The van der Waals surface area contributed by atoms with Crippen LogP contribution < -0.4 is 5.32 Å². The summed E-state index contributed by atoms with van der Waals surface area (Å²) in [5.41, 5.74) is -0.422. The summed E-state index contributed by atoms with van der Waals surface area (Å²) in [5, 5.41) is 16.8. The summed E-state index contributed by atoms with van der Waals surface area (Å²) in [6.07, 6.45) is 4.88. The van der Waals surface area contributed by atoms with Gasteiger partial charge in [-0.3, -0.25) is 14.3 Å². The van der Waals surface area contributed by atoms with E-state index in [1.807, 2.05) is 0 Å². The van der Waals surface area contributed by atoms with E-state index in [-0.39, 0.29) is 17.9 Å². The molecule has 7 nitrogen and oxygen atoms in total. The molecule has 0 radical (unpaired) electrons. The van der Waals surface area contributed by atoms with Gasteiger partial charge in [0.1, 0.15) is 0 Å². The third kappa shape index (κ3) is 4.56. The van der Waals surface area contributed by atoms with Crippen LogP contribution in [0.3, 0.4) is 0 Å². The molecule has 1 atom stereocenters. The molecule has 2 heterocycles. The Bertz CT molecular complexity index is 547. The molecule has 1 aliphatic heterocycles. The molecular weight excluding hydrogens is 284 g/mol. The van der Waals surface area contributed by atoms with Gasteiger partial charge in [-0.05, 0) is 26.7 Å². The van der Waals surface area contributed by atoms with Crippen molar-refractivity contribution in [3.63, 3.8) is 0 Å². The Morgan fingerprint density at radius 1 is 1.50 bits per heavy atom. The molecule has 2 amide bonds. The normalized spacial score (nSPS) is 19.1. The van der Waals surface area contributed by atoms with E-state index < -0.39 is 5.60 Å². The minimum atomic E-state index is -0.884. The van der Waals surface area contributed by atoms with Crippen molar-refractivity contribution < 1.29 is 14.7 Å². The Kier molecular flexibility index (Phi) is 4.85. The summed E-state index contributed by atoms with van der Waals surface area (Å²) in [5.74, 6) is -0.158. The fraction of sp³-hybridized carbons (Fsp3) is 0.667. The zero-order valence-electron chi connectivity index (χ0n) is 13.4. The predicted octanol–water partition coefficient (Wildman–Crippen LogP) is 0.395. The molecule has 0 aromatic carbocycles. The van der Waals surface area contributed by atoms with Crippen LogP contribution in [-0.4, -0.2) is 56.3 Å². The zero-order chi connectivity index (χ0) is 16.3. The number of piperidine rings is 1. The van der Waals surface area contributed by atoms with Gasteiger partial charge < -0.3 is 15.3 Å². The minimum absolute atomic E-state index is 0.0252. The lowest BCUT2D eigenvalue weighted by atomic mass is 10.1. The minimum Gasteiger partial charge on any atom is -0.389 e. The van der Waals surface area contributed by atoms with Crippen LogP contribution in [0.15, 0.2) is 12.4 Å². The number of hydrogen-bond donors (Lipinski definition) is 2. The molecule has 0 saturated carbocycles. The Hall–Kier alpha value is -1.89. The van der Waals surface area contributed by atoms with Gasteiger partial charge in [-0.25, -0.2) is 0 Å². The lowest BCUT2D eigenvalue weighted by Crippen LogP contribution is -2.49. The molecule has 1 aliphatic rings. The first kappa shape index (κ1) is 16.5. The van der Waals surface area contributed by atoms with Crippen LogP contribution >= 0.6 is 0 Å². The summed E-state index contributed by atoms with van der Waals surface area (Å²) in [6, 6.07) is -0.0252. The van der Waals surface area contributed by atoms with Gasteiger partial charge in [-0.15, -0.1) is 0 Å². The number of rotatable bonds is 4. The lowest BCUT2D eigenvalue weighted by molar-refractivity contribution is -0.130. The van der Waals surface area contributed by atoms with Gasteiger partial charge in [-0.1, -0.05) is 0 Å². The topological polar surface area (TPSA) is 87.5 Å². The first-order valence-electron chi connectivity index (χ1n) is 7.56. The monoisotopic (exact) mass is 308 g/mol. The van der Waals surface area contributed by atoms with Gasteiger partial charge in [-0.2, -0.15) is 5.10 Å². The smallest absolute Gasteiger partial charge is 0.254 e. The molecule has 122 valence electrons. The number of likely N-dealkylation sites (tertiary alicyclic amines) is 1. The molecule has 2 rings (SSSR count). The Morgan fingerprint density at radius 3 is 2.86 bits per heavy atom. The molecule has 7 heteroatoms. The highest BCUT2D eigenvalue weighted by molar-refractivity contribution is 5.93. The molecule has 0 unspecified atom stereocenters. The number of aliphatic hydroxyl groups is 1. The van der Waals surface area contributed by atoms with Crippen LogP contribution in [-0.2, 0) is 11.3 Å². The standard InChI is InChI=1S/C15H24N4O3/c1-11(20)18-6-4-5-13(9-18)17-14(21)12-7-16-19(8-12)10-15(2,3)22/h7-8,13,22H,4-6,9-10H2,1-3H3,(H,17,21)/t13-/m0/s1. The van der Waals surface area contributed by atoms with Gasteiger partial charge >= 0.3 is 0 Å². The van der Waals surface area contributed by atoms with Crippen molar-refractivity contribution in [3.05, 3.63) is 18.0 Å². The van der Waals surface area contributed by atoms with Gasteiger partial charge in [0.25, 0.3) is 5.91 Å². The third-order valence-electron chi connectivity index (χ3n) is 3.65. The SMILES string of the molecule is CC(=O)N1CCC[C@H](NC(=O)c2cnn(CC(C)(C)O)c2)C1. The molecule has 0 bridgehead atoms. The third-order valence-corrected chi connectivity index (χ3v) is 3.65. The quantitative estimate of drug-likeness (QED) is 0.842. The number of aromatic nitrogens is 2. The maximum Gasteiger partial charge on any atom is 0.254 e. The fourth-order valence-electron chi connectivity index (χ4n) is 2.61. The van der Waals surface area contributed by atoms with E-state index in [1.165, 1.54) is 6.20 Å². The molecule has 1 saturated heterocycles. The van der Waals surface area contributed by atoms with Crippen LogP contribution in [0.1, 0.15) is 44.0 Å². The molecule has 1 aromatic rings. The van der Waals surface area contributed by atoms with Crippen LogP contribution in [0.25, 0.3) is 0 Å². The number of amides is 2. The van der Waals surface area contributed by atoms with Crippen LogP contribution in [0.2, 0.25) is 0 Å². The second-order valence-electron chi connectivity index (χ2n) is 6.52. The van der Waals surface area contributed by atoms with Crippen molar-refractivity contribution in [3.8, 4) is 0 Å². The second kappa shape index (κ2) is 6.48. The van der Waals surface area contributed by atoms with Gasteiger partial charge in [0.15, 0.2) is 0 Å².